The van der Waals surface area contributed by atoms with Gasteiger partial charge in [-0.2, -0.15) is 5.26 Å². The van der Waals surface area contributed by atoms with Crippen LogP contribution >= 0.6 is 0 Å². The maximum absolute atomic E-state index is 13.1. The first-order valence-electron chi connectivity index (χ1n) is 11.8. The number of nitriles is 1. The summed E-state index contributed by atoms with van der Waals surface area (Å²) in [5.74, 6) is -0.681. The van der Waals surface area contributed by atoms with Crippen molar-refractivity contribution in [1.82, 2.24) is 4.90 Å². The molecule has 0 spiro atoms. The van der Waals surface area contributed by atoms with E-state index in [1.54, 1.807) is 61.5 Å². The molecule has 1 aliphatic heterocycles. The van der Waals surface area contributed by atoms with Gasteiger partial charge < -0.3 is 4.42 Å². The number of carbonyl (C=O) groups is 4. The highest BCUT2D eigenvalue weighted by molar-refractivity contribution is 6.28. The van der Waals surface area contributed by atoms with E-state index in [1.807, 2.05) is 19.9 Å². The van der Waals surface area contributed by atoms with Gasteiger partial charge in [0.15, 0.2) is 11.6 Å². The smallest absolute Gasteiger partial charge is 0.271 e. The maximum atomic E-state index is 13.1. The summed E-state index contributed by atoms with van der Waals surface area (Å²) < 4.78 is 5.97. The molecule has 2 heterocycles. The molecule has 7 nitrogen and oxygen atoms in total. The van der Waals surface area contributed by atoms with Gasteiger partial charge in [-0.3, -0.25) is 24.1 Å². The lowest BCUT2D eigenvalue weighted by Gasteiger charge is -2.28. The van der Waals surface area contributed by atoms with Gasteiger partial charge in [0.2, 0.25) is 0 Å². The average Bonchev–Trinajstić information content (AvgIpc) is 3.36. The lowest BCUT2D eigenvalue weighted by atomic mass is 9.83. The molecule has 0 atom stereocenters. The van der Waals surface area contributed by atoms with Crippen LogP contribution in [0, 0.1) is 17.2 Å². The van der Waals surface area contributed by atoms with Gasteiger partial charge in [0.25, 0.3) is 11.8 Å². The Morgan fingerprint density at radius 3 is 2.19 bits per heavy atom. The van der Waals surface area contributed by atoms with Gasteiger partial charge in [0.05, 0.1) is 0 Å². The van der Waals surface area contributed by atoms with Crippen LogP contribution in [0.3, 0.4) is 0 Å². The molecule has 7 heteroatoms. The van der Waals surface area contributed by atoms with Crippen LogP contribution in [-0.2, 0) is 9.59 Å². The SMILES string of the molecule is CC1=C(C#N)C(=O)N(CC(C)C)C(=O)/C1=C\c1ccc(-c2ccc3c(c2)C(=O)c2ccccc2C3=O)o1. The zero-order valence-corrected chi connectivity index (χ0v) is 20.5. The predicted molar refractivity (Wildman–Crippen MR) is 135 cm³/mol. The second kappa shape index (κ2) is 8.99. The molecule has 0 bridgehead atoms. The summed E-state index contributed by atoms with van der Waals surface area (Å²) in [6, 6.07) is 17.0. The summed E-state index contributed by atoms with van der Waals surface area (Å²) >= 11 is 0. The first-order chi connectivity index (χ1) is 17.7. The van der Waals surface area contributed by atoms with Crippen molar-refractivity contribution in [2.45, 2.75) is 20.8 Å². The summed E-state index contributed by atoms with van der Waals surface area (Å²) in [6.07, 6.45) is 1.52. The second-order valence-electron chi connectivity index (χ2n) is 9.45. The van der Waals surface area contributed by atoms with Crippen LogP contribution in [0.1, 0.15) is 58.4 Å². The minimum atomic E-state index is -0.592. The van der Waals surface area contributed by atoms with Gasteiger partial charge in [-0.15, -0.1) is 0 Å². The van der Waals surface area contributed by atoms with E-state index in [-0.39, 0.29) is 35.2 Å². The summed E-state index contributed by atoms with van der Waals surface area (Å²) in [5, 5.41) is 9.54. The van der Waals surface area contributed by atoms with Crippen LogP contribution in [0.5, 0.6) is 0 Å². The number of nitrogens with zero attached hydrogens (tertiary/aromatic N) is 2. The van der Waals surface area contributed by atoms with Crippen LogP contribution in [0.2, 0.25) is 0 Å². The first kappa shape index (κ1) is 23.9. The molecule has 0 unspecified atom stereocenters. The van der Waals surface area contributed by atoms with Crippen LogP contribution in [0.15, 0.2) is 75.7 Å². The third-order valence-corrected chi connectivity index (χ3v) is 6.50. The summed E-state index contributed by atoms with van der Waals surface area (Å²) in [4.78, 5) is 52.9. The molecule has 0 radical (unpaired) electrons. The predicted octanol–water partition coefficient (Wildman–Crippen LogP) is 4.97. The first-order valence-corrected chi connectivity index (χ1v) is 11.8. The third kappa shape index (κ3) is 3.93. The van der Waals surface area contributed by atoms with E-state index in [0.29, 0.717) is 44.9 Å². The zero-order valence-electron chi connectivity index (χ0n) is 20.5. The third-order valence-electron chi connectivity index (χ3n) is 6.50. The Bertz CT molecular complexity index is 1630. The van der Waals surface area contributed by atoms with Crippen molar-refractivity contribution in [2.24, 2.45) is 5.92 Å². The molecule has 0 fully saturated rings. The molecule has 2 aromatic carbocycles. The Kier molecular flexibility index (Phi) is 5.81. The number of imide groups is 1. The Labute approximate surface area is 213 Å². The number of carbonyl (C=O) groups excluding carboxylic acids is 4. The number of benzene rings is 2. The van der Waals surface area contributed by atoms with E-state index in [2.05, 4.69) is 0 Å². The molecular formula is C30H22N2O5. The average molecular weight is 491 g/mol. The number of ketones is 2. The molecule has 2 amide bonds. The molecule has 0 saturated carbocycles. The topological polar surface area (TPSA) is 108 Å². The van der Waals surface area contributed by atoms with Gasteiger partial charge in [0.1, 0.15) is 23.2 Å². The molecule has 2 aliphatic rings. The molecule has 3 aromatic rings. The highest BCUT2D eigenvalue weighted by atomic mass is 16.3. The highest BCUT2D eigenvalue weighted by Gasteiger charge is 2.36. The van der Waals surface area contributed by atoms with Crippen molar-refractivity contribution in [2.75, 3.05) is 6.54 Å². The second-order valence-corrected chi connectivity index (χ2v) is 9.45. The van der Waals surface area contributed by atoms with Gasteiger partial charge in [-0.05, 0) is 48.8 Å². The largest absolute Gasteiger partial charge is 0.457 e. The van der Waals surface area contributed by atoms with Crippen LogP contribution in [0.4, 0.5) is 0 Å². The highest BCUT2D eigenvalue weighted by Crippen LogP contribution is 2.33. The summed E-state index contributed by atoms with van der Waals surface area (Å²) in [7, 11) is 0. The lowest BCUT2D eigenvalue weighted by Crippen LogP contribution is -2.44. The number of fused-ring (bicyclic) bond motifs is 2. The Hall–Kier alpha value is -4.83. The standard InChI is InChI=1S/C30H22N2O5/c1-16(2)15-32-29(35)23(17(3)25(14-31)30(32)36)13-19-9-11-26(37-19)18-8-10-22-24(12-18)28(34)21-7-5-4-6-20(21)27(22)33/h4-13,16H,15H2,1-3H3/b23-13-. The number of rotatable bonds is 4. The van der Waals surface area contributed by atoms with Crippen LogP contribution in [0.25, 0.3) is 17.4 Å². The van der Waals surface area contributed by atoms with Crippen molar-refractivity contribution < 1.29 is 23.6 Å². The van der Waals surface area contributed by atoms with Gasteiger partial charge >= 0.3 is 0 Å². The Morgan fingerprint density at radius 2 is 1.54 bits per heavy atom. The number of furan rings is 1. The van der Waals surface area contributed by atoms with Crippen molar-refractivity contribution in [3.8, 4) is 17.4 Å². The number of amides is 2. The minimum absolute atomic E-state index is 0.0354. The van der Waals surface area contributed by atoms with E-state index < -0.39 is 11.8 Å². The molecule has 0 saturated heterocycles. The van der Waals surface area contributed by atoms with E-state index in [0.717, 1.165) is 4.90 Å². The monoisotopic (exact) mass is 490 g/mol. The van der Waals surface area contributed by atoms with E-state index >= 15 is 0 Å². The van der Waals surface area contributed by atoms with Crippen LogP contribution < -0.4 is 0 Å². The quantitative estimate of drug-likeness (QED) is 0.295. The van der Waals surface area contributed by atoms with Crippen molar-refractivity contribution in [3.63, 3.8) is 0 Å². The Morgan fingerprint density at radius 1 is 0.892 bits per heavy atom. The molecule has 182 valence electrons. The fourth-order valence-electron chi connectivity index (χ4n) is 4.64. The fourth-order valence-corrected chi connectivity index (χ4v) is 4.64. The molecule has 1 aliphatic carbocycles. The van der Waals surface area contributed by atoms with E-state index in [4.69, 9.17) is 4.42 Å². The van der Waals surface area contributed by atoms with E-state index in [9.17, 15) is 24.4 Å². The van der Waals surface area contributed by atoms with E-state index in [1.165, 1.54) is 6.08 Å². The minimum Gasteiger partial charge on any atom is -0.457 e. The van der Waals surface area contributed by atoms with Crippen molar-refractivity contribution >= 4 is 29.5 Å². The fraction of sp³-hybridized carbons (Fsp3) is 0.167. The normalized spacial score (nSPS) is 16.4. The zero-order chi connectivity index (χ0) is 26.4. The molecule has 1 aromatic heterocycles. The van der Waals surface area contributed by atoms with Gasteiger partial charge in [-0.1, -0.05) is 44.2 Å². The summed E-state index contributed by atoms with van der Waals surface area (Å²) in [5.41, 5.74) is 2.44. The lowest BCUT2D eigenvalue weighted by molar-refractivity contribution is -0.141. The van der Waals surface area contributed by atoms with Crippen LogP contribution in [-0.4, -0.2) is 34.8 Å². The van der Waals surface area contributed by atoms with Gasteiger partial charge in [-0.25, -0.2) is 0 Å². The Balaban J connectivity index is 1.52. The number of hydrogen-bond acceptors (Lipinski definition) is 6. The van der Waals surface area contributed by atoms with Crippen molar-refractivity contribution in [3.05, 3.63) is 99.3 Å². The number of hydrogen-bond donors (Lipinski definition) is 0. The van der Waals surface area contributed by atoms with Gasteiger partial charge in [0, 0.05) is 39.9 Å². The van der Waals surface area contributed by atoms with Crippen molar-refractivity contribution in [1.29, 1.82) is 5.26 Å². The molecule has 37 heavy (non-hydrogen) atoms. The maximum Gasteiger partial charge on any atom is 0.271 e. The summed E-state index contributed by atoms with van der Waals surface area (Å²) in [6.45, 7) is 5.54. The molecule has 5 rings (SSSR count). The molecular weight excluding hydrogens is 468 g/mol. The molecule has 0 N–H and O–H groups in total.